The van der Waals surface area contributed by atoms with Gasteiger partial charge in [-0.3, -0.25) is 9.59 Å². The maximum absolute atomic E-state index is 13.2. The van der Waals surface area contributed by atoms with Crippen molar-refractivity contribution < 1.29 is 19.1 Å². The minimum Gasteiger partial charge on any atom is -0.493 e. The van der Waals surface area contributed by atoms with Gasteiger partial charge in [0, 0.05) is 24.8 Å². The van der Waals surface area contributed by atoms with Crippen LogP contribution in [0.2, 0.25) is 0 Å². The molecule has 1 aliphatic carbocycles. The lowest BCUT2D eigenvalue weighted by molar-refractivity contribution is -0.143. The number of amides is 2. The van der Waals surface area contributed by atoms with E-state index in [2.05, 4.69) is 17.4 Å². The second kappa shape index (κ2) is 7.19. The number of rotatable bonds is 5. The highest BCUT2D eigenvalue weighted by Gasteiger charge is 2.58. The summed E-state index contributed by atoms with van der Waals surface area (Å²) in [5, 5.41) is 2.89. The quantitative estimate of drug-likeness (QED) is 0.810. The van der Waals surface area contributed by atoms with Gasteiger partial charge in [0.25, 0.3) is 0 Å². The van der Waals surface area contributed by atoms with Crippen molar-refractivity contribution in [2.75, 3.05) is 26.1 Å². The summed E-state index contributed by atoms with van der Waals surface area (Å²) in [4.78, 5) is 27.9. The molecule has 1 aliphatic heterocycles. The fraction of sp³-hybridized carbons (Fsp3) is 0.364. The Hall–Kier alpha value is -3.02. The highest BCUT2D eigenvalue weighted by atomic mass is 16.5. The van der Waals surface area contributed by atoms with E-state index in [4.69, 9.17) is 9.47 Å². The van der Waals surface area contributed by atoms with E-state index < -0.39 is 5.41 Å². The summed E-state index contributed by atoms with van der Waals surface area (Å²) >= 11 is 0. The minimum absolute atomic E-state index is 0.0695. The topological polar surface area (TPSA) is 67.9 Å². The molecule has 6 nitrogen and oxygen atoms in total. The smallest absolute Gasteiger partial charge is 0.240 e. The van der Waals surface area contributed by atoms with E-state index in [1.807, 2.05) is 17.0 Å². The number of fused-ring (bicyclic) bond motifs is 1. The maximum Gasteiger partial charge on any atom is 0.240 e. The molecule has 6 heteroatoms. The van der Waals surface area contributed by atoms with Crippen LogP contribution >= 0.6 is 0 Å². The Balaban J connectivity index is 1.48. The normalized spacial score (nSPS) is 16.7. The number of carbonyl (C=O) groups is 2. The van der Waals surface area contributed by atoms with Crippen LogP contribution in [-0.4, -0.2) is 37.5 Å². The third-order valence-electron chi connectivity index (χ3n) is 5.65. The molecule has 0 unspecified atom stereocenters. The molecule has 0 bridgehead atoms. The van der Waals surface area contributed by atoms with Gasteiger partial charge in [0.15, 0.2) is 11.5 Å². The molecule has 1 saturated carbocycles. The zero-order valence-electron chi connectivity index (χ0n) is 16.2. The molecule has 2 aliphatic rings. The average Bonchev–Trinajstić information content (AvgIpc) is 3.55. The maximum atomic E-state index is 13.2. The summed E-state index contributed by atoms with van der Waals surface area (Å²) in [6.45, 7) is 1.22. The minimum atomic E-state index is -0.945. The van der Waals surface area contributed by atoms with Crippen LogP contribution in [0.3, 0.4) is 0 Å². The van der Waals surface area contributed by atoms with E-state index in [-0.39, 0.29) is 11.8 Å². The SMILES string of the molecule is COc1ccc(NC(=O)C2(C(=O)N3CCc4ccccc4C3)CC2)cc1OC. The summed E-state index contributed by atoms with van der Waals surface area (Å²) in [5.74, 6) is 0.803. The van der Waals surface area contributed by atoms with E-state index >= 15 is 0 Å². The van der Waals surface area contributed by atoms with Gasteiger partial charge in [-0.15, -0.1) is 0 Å². The predicted molar refractivity (Wildman–Crippen MR) is 105 cm³/mol. The molecule has 2 aromatic carbocycles. The van der Waals surface area contributed by atoms with E-state index in [9.17, 15) is 9.59 Å². The van der Waals surface area contributed by atoms with Gasteiger partial charge >= 0.3 is 0 Å². The van der Waals surface area contributed by atoms with Crippen molar-refractivity contribution >= 4 is 17.5 Å². The highest BCUT2D eigenvalue weighted by molar-refractivity contribution is 6.13. The fourth-order valence-electron chi connectivity index (χ4n) is 3.80. The first-order valence-corrected chi connectivity index (χ1v) is 9.47. The molecular weight excluding hydrogens is 356 g/mol. The number of ether oxygens (including phenoxy) is 2. The van der Waals surface area contributed by atoms with Gasteiger partial charge in [0.05, 0.1) is 14.2 Å². The van der Waals surface area contributed by atoms with Crippen LogP contribution in [0.1, 0.15) is 24.0 Å². The first kappa shape index (κ1) is 18.3. The molecule has 0 atom stereocenters. The molecule has 28 heavy (non-hydrogen) atoms. The van der Waals surface area contributed by atoms with Crippen molar-refractivity contribution in [1.82, 2.24) is 4.90 Å². The van der Waals surface area contributed by atoms with Crippen molar-refractivity contribution in [1.29, 1.82) is 0 Å². The summed E-state index contributed by atoms with van der Waals surface area (Å²) in [6, 6.07) is 13.4. The van der Waals surface area contributed by atoms with Crippen LogP contribution in [0.4, 0.5) is 5.69 Å². The first-order chi connectivity index (χ1) is 13.6. The fourth-order valence-corrected chi connectivity index (χ4v) is 3.80. The van der Waals surface area contributed by atoms with Crippen LogP contribution in [0.25, 0.3) is 0 Å². The van der Waals surface area contributed by atoms with Crippen molar-refractivity contribution in [2.45, 2.75) is 25.8 Å². The van der Waals surface area contributed by atoms with E-state index in [1.165, 1.54) is 5.56 Å². The number of nitrogens with zero attached hydrogens (tertiary/aromatic N) is 1. The summed E-state index contributed by atoms with van der Waals surface area (Å²) in [7, 11) is 3.11. The number of nitrogens with one attached hydrogen (secondary N) is 1. The number of methoxy groups -OCH3 is 2. The van der Waals surface area contributed by atoms with Crippen molar-refractivity contribution in [3.05, 3.63) is 53.6 Å². The van der Waals surface area contributed by atoms with Gasteiger partial charge in [0.1, 0.15) is 5.41 Å². The highest BCUT2D eigenvalue weighted by Crippen LogP contribution is 2.49. The lowest BCUT2D eigenvalue weighted by Crippen LogP contribution is -2.45. The Morgan fingerprint density at radius 3 is 2.39 bits per heavy atom. The van der Waals surface area contributed by atoms with Gasteiger partial charge in [-0.25, -0.2) is 0 Å². The molecule has 1 heterocycles. The molecule has 0 radical (unpaired) electrons. The zero-order chi connectivity index (χ0) is 19.7. The van der Waals surface area contributed by atoms with Gasteiger partial charge in [-0.2, -0.15) is 0 Å². The molecule has 2 amide bonds. The van der Waals surface area contributed by atoms with Crippen LogP contribution in [0, 0.1) is 5.41 Å². The summed E-state index contributed by atoms with van der Waals surface area (Å²) < 4.78 is 10.5. The molecular formula is C22H24N2O4. The largest absolute Gasteiger partial charge is 0.493 e. The second-order valence-corrected chi connectivity index (χ2v) is 7.35. The van der Waals surface area contributed by atoms with E-state index in [1.54, 1.807) is 32.4 Å². The molecule has 0 aromatic heterocycles. The molecule has 146 valence electrons. The molecule has 1 N–H and O–H groups in total. The number of hydrogen-bond donors (Lipinski definition) is 1. The third-order valence-corrected chi connectivity index (χ3v) is 5.65. The van der Waals surface area contributed by atoms with Gasteiger partial charge in [0.2, 0.25) is 11.8 Å². The van der Waals surface area contributed by atoms with Crippen molar-refractivity contribution in [2.24, 2.45) is 5.41 Å². The summed E-state index contributed by atoms with van der Waals surface area (Å²) in [5.41, 5.74) is 2.09. The monoisotopic (exact) mass is 380 g/mol. The molecule has 1 fully saturated rings. The molecule has 2 aromatic rings. The van der Waals surface area contributed by atoms with Gasteiger partial charge in [-0.1, -0.05) is 24.3 Å². The Kier molecular flexibility index (Phi) is 4.71. The van der Waals surface area contributed by atoms with Crippen LogP contribution in [0.5, 0.6) is 11.5 Å². The molecule has 0 spiro atoms. The predicted octanol–water partition coefficient (Wildman–Crippen LogP) is 3.01. The Bertz CT molecular complexity index is 921. The van der Waals surface area contributed by atoms with Gasteiger partial charge in [-0.05, 0) is 42.5 Å². The Morgan fingerprint density at radius 2 is 1.71 bits per heavy atom. The van der Waals surface area contributed by atoms with Crippen molar-refractivity contribution in [3.63, 3.8) is 0 Å². The van der Waals surface area contributed by atoms with Crippen LogP contribution < -0.4 is 14.8 Å². The second-order valence-electron chi connectivity index (χ2n) is 7.35. The van der Waals surface area contributed by atoms with Crippen LogP contribution in [0.15, 0.2) is 42.5 Å². The number of hydrogen-bond acceptors (Lipinski definition) is 4. The number of benzene rings is 2. The standard InChI is InChI=1S/C22H24N2O4/c1-27-18-8-7-17(13-19(18)28-2)23-20(25)22(10-11-22)21(26)24-12-9-15-5-3-4-6-16(15)14-24/h3-8,13H,9-12,14H2,1-2H3,(H,23,25). The van der Waals surface area contributed by atoms with Crippen LogP contribution in [-0.2, 0) is 22.6 Å². The van der Waals surface area contributed by atoms with Gasteiger partial charge < -0.3 is 19.7 Å². The molecule has 4 rings (SSSR count). The lowest BCUT2D eigenvalue weighted by atomic mass is 9.97. The number of anilines is 1. The third kappa shape index (κ3) is 3.19. The first-order valence-electron chi connectivity index (χ1n) is 9.47. The number of carbonyl (C=O) groups excluding carboxylic acids is 2. The van der Waals surface area contributed by atoms with Crippen molar-refractivity contribution in [3.8, 4) is 11.5 Å². The Morgan fingerprint density at radius 1 is 1.00 bits per heavy atom. The Labute approximate surface area is 164 Å². The van der Waals surface area contributed by atoms with E-state index in [0.29, 0.717) is 43.1 Å². The van der Waals surface area contributed by atoms with E-state index in [0.717, 1.165) is 12.0 Å². The zero-order valence-corrected chi connectivity index (χ0v) is 16.2. The molecule has 0 saturated heterocycles. The lowest BCUT2D eigenvalue weighted by Gasteiger charge is -2.31. The average molecular weight is 380 g/mol. The summed E-state index contributed by atoms with van der Waals surface area (Å²) in [6.07, 6.45) is 2.00.